The van der Waals surface area contributed by atoms with Crippen molar-refractivity contribution < 1.29 is 9.90 Å². The average molecular weight is 201 g/mol. The van der Waals surface area contributed by atoms with Crippen LogP contribution in [0, 0.1) is 0 Å². The van der Waals surface area contributed by atoms with Crippen molar-refractivity contribution >= 4 is 23.4 Å². The molecule has 5 heteroatoms. The van der Waals surface area contributed by atoms with Gasteiger partial charge in [0.1, 0.15) is 0 Å². The molecule has 0 saturated heterocycles. The van der Waals surface area contributed by atoms with E-state index in [-0.39, 0.29) is 5.15 Å². The predicted octanol–water partition coefficient (Wildman–Crippen LogP) is 2.24. The number of anilines is 1. The van der Waals surface area contributed by atoms with E-state index in [4.69, 9.17) is 16.7 Å². The van der Waals surface area contributed by atoms with Gasteiger partial charge in [-0.2, -0.15) is 0 Å². The second-order valence-corrected chi connectivity index (χ2v) is 2.70. The fourth-order valence-corrected chi connectivity index (χ4v) is 1.21. The molecular formula is C8H9ClN2O2. The molecule has 0 aliphatic carbocycles. The number of carbonyl (C=O) groups is 1. The van der Waals surface area contributed by atoms with Crippen molar-refractivity contribution in [2.45, 2.75) is 6.92 Å². The van der Waals surface area contributed by atoms with Gasteiger partial charge in [0.05, 0.1) is 5.69 Å². The molecule has 0 atom stereocenters. The number of halogens is 1. The lowest BCUT2D eigenvalue weighted by molar-refractivity contribution is 0.202. The van der Waals surface area contributed by atoms with Crippen LogP contribution in [0.1, 0.15) is 6.92 Å². The van der Waals surface area contributed by atoms with Gasteiger partial charge in [0.15, 0.2) is 5.15 Å². The fraction of sp³-hybridized carbons (Fsp3) is 0.250. The summed E-state index contributed by atoms with van der Waals surface area (Å²) < 4.78 is 0. The smallest absolute Gasteiger partial charge is 0.411 e. The Morgan fingerprint density at radius 1 is 1.77 bits per heavy atom. The molecule has 1 aromatic rings. The van der Waals surface area contributed by atoms with E-state index in [0.717, 1.165) is 4.90 Å². The van der Waals surface area contributed by atoms with Gasteiger partial charge in [-0.05, 0) is 19.1 Å². The monoisotopic (exact) mass is 200 g/mol. The van der Waals surface area contributed by atoms with Gasteiger partial charge in [-0.25, -0.2) is 9.78 Å². The Hall–Kier alpha value is -1.29. The Bertz CT molecular complexity index is 317. The molecule has 1 N–H and O–H groups in total. The summed E-state index contributed by atoms with van der Waals surface area (Å²) in [6, 6.07) is 3.26. The molecule has 0 saturated carbocycles. The van der Waals surface area contributed by atoms with Crippen LogP contribution >= 0.6 is 11.6 Å². The van der Waals surface area contributed by atoms with Gasteiger partial charge in [-0.3, -0.25) is 4.90 Å². The molecule has 0 bridgehead atoms. The molecular weight excluding hydrogens is 192 g/mol. The average Bonchev–Trinajstić information content (AvgIpc) is 2.09. The third-order valence-corrected chi connectivity index (χ3v) is 1.87. The predicted molar refractivity (Wildman–Crippen MR) is 50.3 cm³/mol. The van der Waals surface area contributed by atoms with Crippen molar-refractivity contribution in [1.82, 2.24) is 4.98 Å². The van der Waals surface area contributed by atoms with Crippen LogP contribution in [-0.2, 0) is 0 Å². The fourth-order valence-electron chi connectivity index (χ4n) is 0.988. The first-order valence-electron chi connectivity index (χ1n) is 3.77. The first-order valence-corrected chi connectivity index (χ1v) is 4.15. The molecule has 0 aromatic carbocycles. The van der Waals surface area contributed by atoms with Crippen LogP contribution in [0.4, 0.5) is 10.5 Å². The lowest BCUT2D eigenvalue weighted by Crippen LogP contribution is -2.29. The Morgan fingerprint density at radius 2 is 2.46 bits per heavy atom. The minimum Gasteiger partial charge on any atom is -0.465 e. The number of hydrogen-bond acceptors (Lipinski definition) is 2. The first kappa shape index (κ1) is 9.80. The van der Waals surface area contributed by atoms with Gasteiger partial charge in [-0.1, -0.05) is 11.6 Å². The summed E-state index contributed by atoms with van der Waals surface area (Å²) in [4.78, 5) is 15.6. The lowest BCUT2D eigenvalue weighted by Gasteiger charge is -2.17. The van der Waals surface area contributed by atoms with Crippen LogP contribution in [0.15, 0.2) is 18.3 Å². The molecule has 0 fully saturated rings. The van der Waals surface area contributed by atoms with E-state index in [2.05, 4.69) is 4.98 Å². The number of pyridine rings is 1. The van der Waals surface area contributed by atoms with E-state index >= 15 is 0 Å². The standard InChI is InChI=1S/C8H9ClN2O2/c1-2-11(8(12)13)6-4-3-5-10-7(6)9/h3-5H,2H2,1H3,(H,12,13). The minimum atomic E-state index is -1.03. The highest BCUT2D eigenvalue weighted by molar-refractivity contribution is 6.32. The zero-order valence-corrected chi connectivity index (χ0v) is 7.82. The van der Waals surface area contributed by atoms with Crippen LogP contribution in [0.3, 0.4) is 0 Å². The largest absolute Gasteiger partial charge is 0.465 e. The molecule has 1 amide bonds. The van der Waals surface area contributed by atoms with Gasteiger partial charge in [0, 0.05) is 12.7 Å². The molecule has 0 aliphatic rings. The highest BCUT2D eigenvalue weighted by Crippen LogP contribution is 2.22. The van der Waals surface area contributed by atoms with E-state index in [1.165, 1.54) is 6.20 Å². The van der Waals surface area contributed by atoms with Crippen molar-refractivity contribution in [3.05, 3.63) is 23.5 Å². The SMILES string of the molecule is CCN(C(=O)O)c1cccnc1Cl. The Balaban J connectivity index is 3.04. The summed E-state index contributed by atoms with van der Waals surface area (Å²) in [6.45, 7) is 2.08. The number of rotatable bonds is 2. The first-order chi connectivity index (χ1) is 6.16. The number of carboxylic acid groups (broad SMARTS) is 1. The molecule has 13 heavy (non-hydrogen) atoms. The highest BCUT2D eigenvalue weighted by atomic mass is 35.5. The van der Waals surface area contributed by atoms with Crippen molar-refractivity contribution in [3.8, 4) is 0 Å². The van der Waals surface area contributed by atoms with Gasteiger partial charge in [0.2, 0.25) is 0 Å². The Kier molecular flexibility index (Phi) is 3.08. The molecule has 4 nitrogen and oxygen atoms in total. The van der Waals surface area contributed by atoms with Crippen LogP contribution in [-0.4, -0.2) is 22.7 Å². The van der Waals surface area contributed by atoms with Crippen molar-refractivity contribution in [1.29, 1.82) is 0 Å². The van der Waals surface area contributed by atoms with Gasteiger partial charge < -0.3 is 5.11 Å². The number of nitrogens with zero attached hydrogens (tertiary/aromatic N) is 2. The zero-order valence-electron chi connectivity index (χ0n) is 7.07. The van der Waals surface area contributed by atoms with E-state index in [1.54, 1.807) is 19.1 Å². The van der Waals surface area contributed by atoms with Crippen LogP contribution in [0.5, 0.6) is 0 Å². The number of hydrogen-bond donors (Lipinski definition) is 1. The summed E-state index contributed by atoms with van der Waals surface area (Å²) >= 11 is 5.73. The Labute approximate surface area is 80.8 Å². The van der Waals surface area contributed by atoms with Crippen LogP contribution in [0.2, 0.25) is 5.15 Å². The molecule has 70 valence electrons. The molecule has 0 unspecified atom stereocenters. The number of aromatic nitrogens is 1. The van der Waals surface area contributed by atoms with Gasteiger partial charge >= 0.3 is 6.09 Å². The molecule has 1 heterocycles. The summed E-state index contributed by atoms with van der Waals surface area (Å²) in [5.74, 6) is 0. The maximum absolute atomic E-state index is 10.7. The molecule has 0 radical (unpaired) electrons. The Morgan fingerprint density at radius 3 is 2.92 bits per heavy atom. The van der Waals surface area contributed by atoms with Crippen molar-refractivity contribution in [3.63, 3.8) is 0 Å². The van der Waals surface area contributed by atoms with Gasteiger partial charge in [0.25, 0.3) is 0 Å². The quantitative estimate of drug-likeness (QED) is 0.745. The van der Waals surface area contributed by atoms with Crippen LogP contribution < -0.4 is 4.90 Å². The summed E-state index contributed by atoms with van der Waals surface area (Å²) in [7, 11) is 0. The normalized spacial score (nSPS) is 9.69. The van der Waals surface area contributed by atoms with Crippen molar-refractivity contribution in [2.75, 3.05) is 11.4 Å². The van der Waals surface area contributed by atoms with E-state index in [1.807, 2.05) is 0 Å². The third kappa shape index (κ3) is 2.09. The van der Waals surface area contributed by atoms with E-state index in [0.29, 0.717) is 12.2 Å². The second kappa shape index (κ2) is 4.09. The lowest BCUT2D eigenvalue weighted by atomic mass is 10.4. The zero-order chi connectivity index (χ0) is 9.84. The molecule has 0 aliphatic heterocycles. The summed E-state index contributed by atoms with van der Waals surface area (Å²) in [5, 5.41) is 8.99. The summed E-state index contributed by atoms with van der Waals surface area (Å²) in [6.07, 6.45) is 0.485. The maximum Gasteiger partial charge on any atom is 0.411 e. The minimum absolute atomic E-state index is 0.201. The molecule has 1 aromatic heterocycles. The van der Waals surface area contributed by atoms with Crippen LogP contribution in [0.25, 0.3) is 0 Å². The van der Waals surface area contributed by atoms with E-state index in [9.17, 15) is 4.79 Å². The molecule has 1 rings (SSSR count). The maximum atomic E-state index is 10.7. The van der Waals surface area contributed by atoms with Gasteiger partial charge in [-0.15, -0.1) is 0 Å². The highest BCUT2D eigenvalue weighted by Gasteiger charge is 2.14. The second-order valence-electron chi connectivity index (χ2n) is 2.34. The summed E-state index contributed by atoms with van der Waals surface area (Å²) in [5.41, 5.74) is 0.416. The third-order valence-electron chi connectivity index (χ3n) is 1.58. The topological polar surface area (TPSA) is 53.4 Å². The number of amides is 1. The van der Waals surface area contributed by atoms with Crippen molar-refractivity contribution in [2.24, 2.45) is 0 Å². The van der Waals surface area contributed by atoms with E-state index < -0.39 is 6.09 Å². The molecule has 0 spiro atoms.